The summed E-state index contributed by atoms with van der Waals surface area (Å²) in [6, 6.07) is 18.8. The highest BCUT2D eigenvalue weighted by Crippen LogP contribution is 2.21. The summed E-state index contributed by atoms with van der Waals surface area (Å²) in [6.45, 7) is 0.336. The zero-order chi connectivity index (χ0) is 18.6. The van der Waals surface area contributed by atoms with Crippen LogP contribution >= 0.6 is 0 Å². The number of hydrogen-bond donors (Lipinski definition) is 0. The number of nitrogens with zero attached hydrogens (tertiary/aromatic N) is 3. The van der Waals surface area contributed by atoms with Crippen LogP contribution in [0.5, 0.6) is 0 Å². The van der Waals surface area contributed by atoms with Crippen molar-refractivity contribution in [3.8, 4) is 22.6 Å². The van der Waals surface area contributed by atoms with Gasteiger partial charge in [-0.05, 0) is 12.1 Å². The van der Waals surface area contributed by atoms with E-state index in [4.69, 9.17) is 8.94 Å². The van der Waals surface area contributed by atoms with Gasteiger partial charge in [0.15, 0.2) is 17.9 Å². The SMILES string of the molecule is CN(Cc1cc(-c2ccccc2)no1)C(=O)c1ccc(-c2cnco2)cc1. The molecule has 0 saturated carbocycles. The van der Waals surface area contributed by atoms with Crippen molar-refractivity contribution in [1.82, 2.24) is 15.0 Å². The van der Waals surface area contributed by atoms with Crippen molar-refractivity contribution in [2.75, 3.05) is 7.05 Å². The minimum Gasteiger partial charge on any atom is -0.444 e. The molecule has 0 unspecified atom stereocenters. The van der Waals surface area contributed by atoms with E-state index < -0.39 is 0 Å². The van der Waals surface area contributed by atoms with E-state index in [-0.39, 0.29) is 5.91 Å². The fourth-order valence-electron chi connectivity index (χ4n) is 2.79. The normalized spacial score (nSPS) is 10.7. The molecule has 2 aromatic heterocycles. The largest absolute Gasteiger partial charge is 0.444 e. The molecule has 6 heteroatoms. The van der Waals surface area contributed by atoms with Crippen LogP contribution in [0.1, 0.15) is 16.1 Å². The Bertz CT molecular complexity index is 1020. The Morgan fingerprint density at radius 3 is 2.52 bits per heavy atom. The molecule has 0 radical (unpaired) electrons. The standard InChI is InChI=1S/C21H17N3O3/c1-24(13-18-11-19(23-27-18)15-5-3-2-4-6-15)21(25)17-9-7-16(8-10-17)20-12-22-14-26-20/h2-12,14H,13H2,1H3. The molecule has 2 aromatic carbocycles. The van der Waals surface area contributed by atoms with Crippen molar-refractivity contribution in [3.05, 3.63) is 84.6 Å². The summed E-state index contributed by atoms with van der Waals surface area (Å²) in [5.41, 5.74) is 3.19. The van der Waals surface area contributed by atoms with Crippen molar-refractivity contribution >= 4 is 5.91 Å². The third kappa shape index (κ3) is 3.64. The second kappa shape index (κ2) is 7.29. The zero-order valence-electron chi connectivity index (χ0n) is 14.7. The van der Waals surface area contributed by atoms with Gasteiger partial charge in [-0.25, -0.2) is 4.98 Å². The Labute approximate surface area is 156 Å². The molecule has 134 valence electrons. The summed E-state index contributed by atoms with van der Waals surface area (Å²) < 4.78 is 10.6. The van der Waals surface area contributed by atoms with Crippen molar-refractivity contribution in [2.45, 2.75) is 6.54 Å². The first-order valence-electron chi connectivity index (χ1n) is 8.46. The lowest BCUT2D eigenvalue weighted by molar-refractivity contribution is 0.0772. The maximum atomic E-state index is 12.7. The van der Waals surface area contributed by atoms with Gasteiger partial charge in [0, 0.05) is 29.8 Å². The van der Waals surface area contributed by atoms with Crippen LogP contribution < -0.4 is 0 Å². The number of rotatable bonds is 5. The molecular weight excluding hydrogens is 342 g/mol. The highest BCUT2D eigenvalue weighted by Gasteiger charge is 2.15. The van der Waals surface area contributed by atoms with Crippen LogP contribution in [0.3, 0.4) is 0 Å². The van der Waals surface area contributed by atoms with E-state index in [1.54, 1.807) is 30.3 Å². The highest BCUT2D eigenvalue weighted by atomic mass is 16.5. The van der Waals surface area contributed by atoms with E-state index in [2.05, 4.69) is 10.1 Å². The van der Waals surface area contributed by atoms with Crippen LogP contribution in [0, 0.1) is 0 Å². The van der Waals surface area contributed by atoms with Crippen LogP contribution in [-0.4, -0.2) is 28.0 Å². The molecule has 0 aliphatic carbocycles. The molecule has 0 saturated heterocycles. The van der Waals surface area contributed by atoms with Crippen molar-refractivity contribution in [1.29, 1.82) is 0 Å². The molecule has 4 aromatic rings. The van der Waals surface area contributed by atoms with E-state index in [0.29, 0.717) is 23.6 Å². The maximum absolute atomic E-state index is 12.7. The van der Waals surface area contributed by atoms with Gasteiger partial charge in [0.25, 0.3) is 5.91 Å². The Balaban J connectivity index is 1.44. The molecule has 0 fully saturated rings. The smallest absolute Gasteiger partial charge is 0.254 e. The van der Waals surface area contributed by atoms with Crippen LogP contribution in [0.2, 0.25) is 0 Å². The molecule has 0 bridgehead atoms. The zero-order valence-corrected chi connectivity index (χ0v) is 14.7. The molecule has 0 aliphatic rings. The van der Waals surface area contributed by atoms with E-state index in [9.17, 15) is 4.79 Å². The summed E-state index contributed by atoms with van der Waals surface area (Å²) in [5.74, 6) is 1.19. The number of carbonyl (C=O) groups excluding carboxylic acids is 1. The van der Waals surface area contributed by atoms with Gasteiger partial charge in [0.05, 0.1) is 12.7 Å². The number of carbonyl (C=O) groups is 1. The second-order valence-corrected chi connectivity index (χ2v) is 6.15. The van der Waals surface area contributed by atoms with Crippen molar-refractivity contribution < 1.29 is 13.7 Å². The first-order chi connectivity index (χ1) is 13.2. The fourth-order valence-corrected chi connectivity index (χ4v) is 2.79. The molecule has 2 heterocycles. The summed E-state index contributed by atoms with van der Waals surface area (Å²) in [4.78, 5) is 18.1. The monoisotopic (exact) mass is 359 g/mol. The van der Waals surface area contributed by atoms with Gasteiger partial charge >= 0.3 is 0 Å². The summed E-state index contributed by atoms with van der Waals surface area (Å²) >= 11 is 0. The minimum atomic E-state index is -0.100. The summed E-state index contributed by atoms with van der Waals surface area (Å²) in [7, 11) is 1.73. The van der Waals surface area contributed by atoms with E-state index in [1.807, 2.05) is 48.5 Å². The lowest BCUT2D eigenvalue weighted by Crippen LogP contribution is -2.25. The topological polar surface area (TPSA) is 72.4 Å². The van der Waals surface area contributed by atoms with Gasteiger partial charge in [0.2, 0.25) is 0 Å². The Morgan fingerprint density at radius 1 is 1.04 bits per heavy atom. The maximum Gasteiger partial charge on any atom is 0.254 e. The number of amides is 1. The van der Waals surface area contributed by atoms with Crippen LogP contribution in [0.15, 0.2) is 82.2 Å². The predicted octanol–water partition coefficient (Wildman–Crippen LogP) is 4.27. The molecular formula is C21H17N3O3. The van der Waals surface area contributed by atoms with Crippen LogP contribution in [0.4, 0.5) is 0 Å². The average Bonchev–Trinajstić information content (AvgIpc) is 3.40. The average molecular weight is 359 g/mol. The van der Waals surface area contributed by atoms with Crippen molar-refractivity contribution in [3.63, 3.8) is 0 Å². The minimum absolute atomic E-state index is 0.100. The molecule has 0 N–H and O–H groups in total. The highest BCUT2D eigenvalue weighted by molar-refractivity contribution is 5.94. The van der Waals surface area contributed by atoms with E-state index >= 15 is 0 Å². The van der Waals surface area contributed by atoms with Crippen LogP contribution in [-0.2, 0) is 6.54 Å². The predicted molar refractivity (Wildman–Crippen MR) is 99.7 cm³/mol. The molecule has 27 heavy (non-hydrogen) atoms. The summed E-state index contributed by atoms with van der Waals surface area (Å²) in [5, 5.41) is 4.08. The molecule has 0 aliphatic heterocycles. The first-order valence-corrected chi connectivity index (χ1v) is 8.46. The number of oxazole rings is 1. The Kier molecular flexibility index (Phi) is 4.53. The second-order valence-electron chi connectivity index (χ2n) is 6.15. The fraction of sp³-hybridized carbons (Fsp3) is 0.0952. The number of aromatic nitrogens is 2. The van der Waals surface area contributed by atoms with Gasteiger partial charge in [0.1, 0.15) is 5.69 Å². The Morgan fingerprint density at radius 2 is 1.81 bits per heavy atom. The van der Waals surface area contributed by atoms with Crippen molar-refractivity contribution in [2.24, 2.45) is 0 Å². The van der Waals surface area contributed by atoms with E-state index in [1.165, 1.54) is 6.39 Å². The third-order valence-electron chi connectivity index (χ3n) is 4.22. The van der Waals surface area contributed by atoms with Gasteiger partial charge in [-0.15, -0.1) is 0 Å². The molecule has 1 amide bonds. The van der Waals surface area contributed by atoms with Gasteiger partial charge in [-0.3, -0.25) is 4.79 Å². The Hall–Kier alpha value is -3.67. The summed E-state index contributed by atoms with van der Waals surface area (Å²) in [6.07, 6.45) is 3.01. The molecule has 6 nitrogen and oxygen atoms in total. The quantitative estimate of drug-likeness (QED) is 0.532. The lowest BCUT2D eigenvalue weighted by atomic mass is 10.1. The van der Waals surface area contributed by atoms with Crippen LogP contribution in [0.25, 0.3) is 22.6 Å². The third-order valence-corrected chi connectivity index (χ3v) is 4.22. The first kappa shape index (κ1) is 16.8. The number of hydrogen-bond acceptors (Lipinski definition) is 5. The van der Waals surface area contributed by atoms with Gasteiger partial charge in [-0.1, -0.05) is 47.6 Å². The lowest BCUT2D eigenvalue weighted by Gasteiger charge is -2.15. The van der Waals surface area contributed by atoms with Gasteiger partial charge < -0.3 is 13.8 Å². The van der Waals surface area contributed by atoms with E-state index in [0.717, 1.165) is 16.8 Å². The number of benzene rings is 2. The molecule has 0 atom stereocenters. The van der Waals surface area contributed by atoms with Gasteiger partial charge in [-0.2, -0.15) is 0 Å². The molecule has 4 rings (SSSR count). The molecule has 0 spiro atoms.